The molecule has 0 aliphatic heterocycles. The average molecular weight is 264 g/mol. The molecule has 1 unspecified atom stereocenters. The molecule has 6 heteroatoms. The number of carbonyl (C=O) groups is 1. The molecule has 0 bridgehead atoms. The lowest BCUT2D eigenvalue weighted by atomic mass is 10.1. The minimum Gasteiger partial charge on any atom is -0.357 e. The van der Waals surface area contributed by atoms with Crippen LogP contribution in [0.5, 0.6) is 0 Å². The maximum absolute atomic E-state index is 12.8. The summed E-state index contributed by atoms with van der Waals surface area (Å²) < 4.78 is 53.9. The third-order valence-electron chi connectivity index (χ3n) is 1.81. The second-order valence-electron chi connectivity index (χ2n) is 3.15. The molecule has 0 aromatic heterocycles. The first kappa shape index (κ1) is 16.3. The molecule has 0 fully saturated rings. The molecule has 0 aliphatic carbocycles. The zero-order chi connectivity index (χ0) is 14.3. The monoisotopic (exact) mass is 264 g/mol. The largest absolute Gasteiger partial charge is 0.418 e. The number of rotatable bonds is 7. The number of ketones is 1. The van der Waals surface area contributed by atoms with E-state index in [1.807, 2.05) is 0 Å². The molecule has 1 atom stereocenters. The van der Waals surface area contributed by atoms with Crippen LogP contribution in [0.25, 0.3) is 0 Å². The van der Waals surface area contributed by atoms with Gasteiger partial charge in [-0.25, -0.2) is 4.39 Å². The Kier molecular flexibility index (Phi) is 6.26. The lowest BCUT2D eigenvalue weighted by molar-refractivity contribution is -0.203. The number of halogens is 4. The van der Waals surface area contributed by atoms with Crippen molar-refractivity contribution in [3.05, 3.63) is 49.4 Å². The van der Waals surface area contributed by atoms with E-state index in [0.717, 1.165) is 12.2 Å². The van der Waals surface area contributed by atoms with E-state index in [1.165, 1.54) is 0 Å². The fraction of sp³-hybridized carbons (Fsp3) is 0.250. The van der Waals surface area contributed by atoms with Crippen LogP contribution in [0.3, 0.4) is 0 Å². The first-order valence-corrected chi connectivity index (χ1v) is 4.75. The highest BCUT2D eigenvalue weighted by Gasteiger charge is 2.38. The van der Waals surface area contributed by atoms with Gasteiger partial charge in [-0.3, -0.25) is 4.79 Å². The summed E-state index contributed by atoms with van der Waals surface area (Å²) in [6.45, 7) is 8.14. The number of alkyl halides is 3. The van der Waals surface area contributed by atoms with Crippen molar-refractivity contribution in [3.8, 4) is 0 Å². The van der Waals surface area contributed by atoms with Crippen molar-refractivity contribution >= 4 is 5.78 Å². The van der Waals surface area contributed by atoms with Gasteiger partial charge >= 0.3 is 6.18 Å². The Morgan fingerprint density at radius 2 is 1.89 bits per heavy atom. The van der Waals surface area contributed by atoms with E-state index in [4.69, 9.17) is 0 Å². The second-order valence-corrected chi connectivity index (χ2v) is 3.15. The van der Waals surface area contributed by atoms with Crippen molar-refractivity contribution in [1.82, 2.24) is 0 Å². The van der Waals surface area contributed by atoms with Crippen molar-refractivity contribution in [2.45, 2.75) is 12.3 Å². The van der Waals surface area contributed by atoms with E-state index in [0.29, 0.717) is 6.08 Å². The van der Waals surface area contributed by atoms with Crippen LogP contribution in [0.2, 0.25) is 0 Å². The van der Waals surface area contributed by atoms with Gasteiger partial charge in [-0.15, -0.1) is 6.58 Å². The maximum Gasteiger partial charge on any atom is 0.418 e. The molecule has 0 saturated carbocycles. The van der Waals surface area contributed by atoms with E-state index in [-0.39, 0.29) is 0 Å². The van der Waals surface area contributed by atoms with Gasteiger partial charge in [0.15, 0.2) is 11.9 Å². The third kappa shape index (κ3) is 5.09. The van der Waals surface area contributed by atoms with Gasteiger partial charge in [-0.1, -0.05) is 25.3 Å². The quantitative estimate of drug-likeness (QED) is 0.305. The summed E-state index contributed by atoms with van der Waals surface area (Å²) in [5.74, 6) is -2.02. The zero-order valence-corrected chi connectivity index (χ0v) is 9.47. The summed E-state index contributed by atoms with van der Waals surface area (Å²) in [4.78, 5) is 11.4. The van der Waals surface area contributed by atoms with Gasteiger partial charge in [0.1, 0.15) is 12.4 Å². The Balaban J connectivity index is 4.68. The van der Waals surface area contributed by atoms with E-state index < -0.39 is 36.1 Å². The number of hydrogen-bond donors (Lipinski definition) is 0. The van der Waals surface area contributed by atoms with Crippen LogP contribution in [-0.4, -0.2) is 24.7 Å². The summed E-state index contributed by atoms with van der Waals surface area (Å²) in [5, 5.41) is 0. The van der Waals surface area contributed by atoms with Gasteiger partial charge in [-0.2, -0.15) is 13.2 Å². The Morgan fingerprint density at radius 3 is 2.22 bits per heavy atom. The average Bonchev–Trinajstić information content (AvgIpc) is 2.24. The Labute approximate surface area is 102 Å². The standard InChI is InChI=1S/C12H12F4O2/c1-4-6-9(8(3)13)10(17)7-18-11(5-2)12(14,15)16/h4-6,11H,1-3,7H2/b9-6+. The molecule has 0 aliphatic rings. The van der Waals surface area contributed by atoms with Gasteiger partial charge in [0, 0.05) is 0 Å². The molecule has 100 valence electrons. The van der Waals surface area contributed by atoms with Crippen molar-refractivity contribution in [2.75, 3.05) is 6.61 Å². The molecular formula is C12H12F4O2. The number of hydrogen-bond acceptors (Lipinski definition) is 2. The molecule has 0 spiro atoms. The van der Waals surface area contributed by atoms with Crippen LogP contribution >= 0.6 is 0 Å². The van der Waals surface area contributed by atoms with Gasteiger partial charge in [0.2, 0.25) is 0 Å². The van der Waals surface area contributed by atoms with Crippen LogP contribution in [0.4, 0.5) is 17.6 Å². The summed E-state index contributed by atoms with van der Waals surface area (Å²) in [5.41, 5.74) is -0.477. The van der Waals surface area contributed by atoms with Crippen LogP contribution in [0.1, 0.15) is 0 Å². The molecule has 0 heterocycles. The summed E-state index contributed by atoms with van der Waals surface area (Å²) in [7, 11) is 0. The molecular weight excluding hydrogens is 252 g/mol. The van der Waals surface area contributed by atoms with Crippen molar-refractivity contribution < 1.29 is 27.1 Å². The van der Waals surface area contributed by atoms with Crippen LogP contribution in [0, 0.1) is 0 Å². The highest BCUT2D eigenvalue weighted by molar-refractivity contribution is 6.00. The smallest absolute Gasteiger partial charge is 0.357 e. The zero-order valence-electron chi connectivity index (χ0n) is 9.47. The first-order chi connectivity index (χ1) is 8.23. The fourth-order valence-electron chi connectivity index (χ4n) is 0.992. The van der Waals surface area contributed by atoms with Gasteiger partial charge in [-0.05, 0) is 6.08 Å². The number of carbonyl (C=O) groups excluding carboxylic acids is 1. The van der Waals surface area contributed by atoms with Gasteiger partial charge in [0.05, 0.1) is 5.57 Å². The molecule has 0 rings (SSSR count). The molecule has 2 nitrogen and oxygen atoms in total. The minimum atomic E-state index is -4.67. The van der Waals surface area contributed by atoms with Crippen LogP contribution in [0.15, 0.2) is 49.4 Å². The Morgan fingerprint density at radius 1 is 1.33 bits per heavy atom. The number of Topliss-reactive ketones (excluding diaryl/α,β-unsaturated/α-hetero) is 1. The normalized spacial score (nSPS) is 13.9. The highest BCUT2D eigenvalue weighted by Crippen LogP contribution is 2.24. The SMILES string of the molecule is C=C/C=C(\C(=C)F)C(=O)COC(C=C)C(F)(F)F. The molecule has 0 aromatic carbocycles. The lowest BCUT2D eigenvalue weighted by Crippen LogP contribution is -2.31. The van der Waals surface area contributed by atoms with Crippen molar-refractivity contribution in [3.63, 3.8) is 0 Å². The summed E-state index contributed by atoms with van der Waals surface area (Å²) in [6.07, 6.45) is -4.32. The molecule has 18 heavy (non-hydrogen) atoms. The van der Waals surface area contributed by atoms with E-state index >= 15 is 0 Å². The van der Waals surface area contributed by atoms with Crippen LogP contribution in [-0.2, 0) is 9.53 Å². The predicted octanol–water partition coefficient (Wildman–Crippen LogP) is 3.28. The molecule has 0 aromatic rings. The fourth-order valence-corrected chi connectivity index (χ4v) is 0.992. The van der Waals surface area contributed by atoms with E-state index in [1.54, 1.807) is 0 Å². The molecule has 0 amide bonds. The summed E-state index contributed by atoms with van der Waals surface area (Å²) >= 11 is 0. The minimum absolute atomic E-state index is 0.477. The second kappa shape index (κ2) is 6.90. The van der Waals surface area contributed by atoms with Gasteiger partial charge < -0.3 is 4.74 Å². The highest BCUT2D eigenvalue weighted by atomic mass is 19.4. The molecule has 0 radical (unpaired) electrons. The predicted molar refractivity (Wildman–Crippen MR) is 59.5 cm³/mol. The molecule has 0 saturated heterocycles. The van der Waals surface area contributed by atoms with Crippen molar-refractivity contribution in [1.29, 1.82) is 0 Å². The summed E-state index contributed by atoms with van der Waals surface area (Å²) in [6, 6.07) is 0. The Bertz CT molecular complexity index is 380. The van der Waals surface area contributed by atoms with Crippen molar-refractivity contribution in [2.24, 2.45) is 0 Å². The van der Waals surface area contributed by atoms with Crippen LogP contribution < -0.4 is 0 Å². The number of allylic oxidation sites excluding steroid dienone is 3. The van der Waals surface area contributed by atoms with E-state index in [2.05, 4.69) is 24.5 Å². The Hall–Kier alpha value is -1.69. The topological polar surface area (TPSA) is 26.3 Å². The number of ether oxygens (including phenoxy) is 1. The third-order valence-corrected chi connectivity index (χ3v) is 1.81. The molecule has 0 N–H and O–H groups in total. The maximum atomic E-state index is 12.8. The van der Waals surface area contributed by atoms with Gasteiger partial charge in [0.25, 0.3) is 0 Å². The first-order valence-electron chi connectivity index (χ1n) is 4.75. The lowest BCUT2D eigenvalue weighted by Gasteiger charge is -2.16. The van der Waals surface area contributed by atoms with E-state index in [9.17, 15) is 22.4 Å².